The van der Waals surface area contributed by atoms with E-state index < -0.39 is 46.2 Å². The first-order valence-electron chi connectivity index (χ1n) is 13.6. The standard InChI is InChI=1S/C31H36F3N3O5S/c1-5-22(2)35-30(39)28(18-23-11-7-6-8-12-23)36(20-24-13-9-16-27(17-24)42-3)29(38)21-37(43(4,40)41)26-15-10-14-25(19-26)31(32,33)34/h6-17,19,22,28H,5,18,20-21H2,1-4H3,(H,35,39)/t22-,28-/m1/s1. The van der Waals surface area contributed by atoms with Crippen LogP contribution < -0.4 is 14.4 Å². The number of methoxy groups -OCH3 is 1. The summed E-state index contributed by atoms with van der Waals surface area (Å²) in [6.07, 6.45) is -3.17. The topological polar surface area (TPSA) is 96.0 Å². The van der Waals surface area contributed by atoms with E-state index in [1.165, 1.54) is 18.1 Å². The lowest BCUT2D eigenvalue weighted by molar-refractivity contribution is -0.140. The zero-order valence-electron chi connectivity index (χ0n) is 24.5. The molecule has 8 nitrogen and oxygen atoms in total. The molecule has 0 aliphatic rings. The van der Waals surface area contributed by atoms with E-state index in [0.29, 0.717) is 28.1 Å². The quantitative estimate of drug-likeness (QED) is 0.290. The molecule has 0 radical (unpaired) electrons. The molecule has 0 fully saturated rings. The van der Waals surface area contributed by atoms with Gasteiger partial charge in [0, 0.05) is 19.0 Å². The molecule has 3 rings (SSSR count). The molecule has 1 N–H and O–H groups in total. The van der Waals surface area contributed by atoms with Crippen molar-refractivity contribution >= 4 is 27.5 Å². The highest BCUT2D eigenvalue weighted by molar-refractivity contribution is 7.92. The number of halogens is 3. The molecule has 0 heterocycles. The Morgan fingerprint density at radius 1 is 0.953 bits per heavy atom. The van der Waals surface area contributed by atoms with Crippen LogP contribution in [-0.4, -0.2) is 57.1 Å². The Bertz CT molecular complexity index is 1500. The molecule has 3 aromatic rings. The number of sulfonamides is 1. The maximum Gasteiger partial charge on any atom is 0.416 e. The Hall–Kier alpha value is -4.06. The summed E-state index contributed by atoms with van der Waals surface area (Å²) >= 11 is 0. The third-order valence-corrected chi connectivity index (χ3v) is 8.04. The Morgan fingerprint density at radius 2 is 1.60 bits per heavy atom. The number of carbonyl (C=O) groups is 2. The van der Waals surface area contributed by atoms with E-state index in [9.17, 15) is 31.2 Å². The van der Waals surface area contributed by atoms with E-state index in [4.69, 9.17) is 4.74 Å². The summed E-state index contributed by atoms with van der Waals surface area (Å²) in [5.74, 6) is -0.708. The molecule has 0 bridgehead atoms. The minimum absolute atomic E-state index is 0.0956. The number of anilines is 1. The zero-order valence-corrected chi connectivity index (χ0v) is 25.3. The molecular weight excluding hydrogens is 583 g/mol. The van der Waals surface area contributed by atoms with Crippen LogP contribution in [0, 0.1) is 0 Å². The Morgan fingerprint density at radius 3 is 2.21 bits per heavy atom. The van der Waals surface area contributed by atoms with Crippen molar-refractivity contribution in [3.63, 3.8) is 0 Å². The fourth-order valence-electron chi connectivity index (χ4n) is 4.41. The molecule has 12 heteroatoms. The minimum Gasteiger partial charge on any atom is -0.497 e. The van der Waals surface area contributed by atoms with Crippen LogP contribution >= 0.6 is 0 Å². The lowest BCUT2D eigenvalue weighted by Gasteiger charge is -2.34. The number of carbonyl (C=O) groups excluding carboxylic acids is 2. The summed E-state index contributed by atoms with van der Waals surface area (Å²) in [6, 6.07) is 18.4. The summed E-state index contributed by atoms with van der Waals surface area (Å²) in [5.41, 5.74) is -0.0231. The average Bonchev–Trinajstić information content (AvgIpc) is 2.97. The second kappa shape index (κ2) is 14.4. The largest absolute Gasteiger partial charge is 0.497 e. The Kier molecular flexibility index (Phi) is 11.2. The first kappa shape index (κ1) is 33.4. The lowest BCUT2D eigenvalue weighted by Crippen LogP contribution is -2.54. The van der Waals surface area contributed by atoms with E-state index >= 15 is 0 Å². The molecule has 43 heavy (non-hydrogen) atoms. The van der Waals surface area contributed by atoms with Gasteiger partial charge in [-0.05, 0) is 54.8 Å². The third-order valence-electron chi connectivity index (χ3n) is 6.90. The minimum atomic E-state index is -4.73. The molecule has 2 amide bonds. The molecule has 3 aromatic carbocycles. The first-order chi connectivity index (χ1) is 20.2. The second-order valence-electron chi connectivity index (χ2n) is 10.2. The number of hydrogen-bond donors (Lipinski definition) is 1. The van der Waals surface area contributed by atoms with Crippen LogP contribution in [0.15, 0.2) is 78.9 Å². The van der Waals surface area contributed by atoms with Crippen LogP contribution in [-0.2, 0) is 38.8 Å². The number of hydrogen-bond acceptors (Lipinski definition) is 5. The van der Waals surface area contributed by atoms with E-state index in [0.717, 1.165) is 24.0 Å². The van der Waals surface area contributed by atoms with Crippen LogP contribution in [0.3, 0.4) is 0 Å². The molecule has 0 aliphatic carbocycles. The average molecular weight is 620 g/mol. The Balaban J connectivity index is 2.10. The number of nitrogens with zero attached hydrogens (tertiary/aromatic N) is 2. The summed E-state index contributed by atoms with van der Waals surface area (Å²) in [5, 5.41) is 2.92. The monoisotopic (exact) mass is 619 g/mol. The van der Waals surface area contributed by atoms with Gasteiger partial charge in [-0.25, -0.2) is 8.42 Å². The van der Waals surface area contributed by atoms with Gasteiger partial charge in [-0.3, -0.25) is 13.9 Å². The molecule has 232 valence electrons. The van der Waals surface area contributed by atoms with Crippen molar-refractivity contribution in [2.45, 2.75) is 51.5 Å². The summed E-state index contributed by atoms with van der Waals surface area (Å²) in [4.78, 5) is 29.1. The lowest BCUT2D eigenvalue weighted by atomic mass is 10.0. The fraction of sp³-hybridized carbons (Fsp3) is 0.355. The van der Waals surface area contributed by atoms with Crippen LogP contribution in [0.2, 0.25) is 0 Å². The predicted octanol–water partition coefficient (Wildman–Crippen LogP) is 5.03. The van der Waals surface area contributed by atoms with Crippen molar-refractivity contribution in [1.29, 1.82) is 0 Å². The third kappa shape index (κ3) is 9.47. The SMILES string of the molecule is CC[C@@H](C)NC(=O)[C@@H](Cc1ccccc1)N(Cc1cccc(OC)c1)C(=O)CN(c1cccc(C(F)(F)F)c1)S(C)(=O)=O. The highest BCUT2D eigenvalue weighted by Crippen LogP contribution is 2.32. The zero-order chi connectivity index (χ0) is 31.8. The van der Waals surface area contributed by atoms with Crippen molar-refractivity contribution < 1.29 is 35.9 Å². The van der Waals surface area contributed by atoms with E-state index in [1.807, 2.05) is 32.0 Å². The molecule has 2 atom stereocenters. The highest BCUT2D eigenvalue weighted by atomic mass is 32.2. The van der Waals surface area contributed by atoms with E-state index in [1.54, 1.807) is 36.4 Å². The molecule has 0 unspecified atom stereocenters. The molecule has 0 aromatic heterocycles. The number of alkyl halides is 3. The van der Waals surface area contributed by atoms with Gasteiger partial charge in [0.1, 0.15) is 18.3 Å². The van der Waals surface area contributed by atoms with Gasteiger partial charge in [-0.2, -0.15) is 13.2 Å². The van der Waals surface area contributed by atoms with Crippen LogP contribution in [0.1, 0.15) is 37.0 Å². The van der Waals surface area contributed by atoms with Gasteiger partial charge in [-0.1, -0.05) is 55.5 Å². The van der Waals surface area contributed by atoms with Crippen molar-refractivity contribution in [2.75, 3.05) is 24.2 Å². The van der Waals surface area contributed by atoms with E-state index in [2.05, 4.69) is 5.32 Å². The Labute approximate surface area is 250 Å². The smallest absolute Gasteiger partial charge is 0.416 e. The van der Waals surface area contributed by atoms with Crippen molar-refractivity contribution in [1.82, 2.24) is 10.2 Å². The first-order valence-corrected chi connectivity index (χ1v) is 15.5. The van der Waals surface area contributed by atoms with Gasteiger partial charge in [0.15, 0.2) is 0 Å². The summed E-state index contributed by atoms with van der Waals surface area (Å²) in [7, 11) is -2.74. The highest BCUT2D eigenvalue weighted by Gasteiger charge is 2.35. The van der Waals surface area contributed by atoms with Crippen LogP contribution in [0.4, 0.5) is 18.9 Å². The molecule has 0 saturated carbocycles. The van der Waals surface area contributed by atoms with Crippen molar-refractivity contribution in [2.24, 2.45) is 0 Å². The van der Waals surface area contributed by atoms with Crippen molar-refractivity contribution in [3.05, 3.63) is 95.6 Å². The normalized spacial score (nSPS) is 13.1. The summed E-state index contributed by atoms with van der Waals surface area (Å²) < 4.78 is 72.0. The number of amides is 2. The maximum atomic E-state index is 14.1. The molecule has 0 spiro atoms. The summed E-state index contributed by atoms with van der Waals surface area (Å²) in [6.45, 7) is 2.80. The van der Waals surface area contributed by atoms with Gasteiger partial charge >= 0.3 is 6.18 Å². The number of nitrogens with one attached hydrogen (secondary N) is 1. The van der Waals surface area contributed by atoms with Gasteiger partial charge in [0.05, 0.1) is 24.6 Å². The van der Waals surface area contributed by atoms with E-state index in [-0.39, 0.29) is 24.7 Å². The second-order valence-corrected chi connectivity index (χ2v) is 12.1. The number of benzene rings is 3. The molecule has 0 aliphatic heterocycles. The van der Waals surface area contributed by atoms with Gasteiger partial charge in [-0.15, -0.1) is 0 Å². The molecule has 0 saturated heterocycles. The van der Waals surface area contributed by atoms with Gasteiger partial charge in [0.2, 0.25) is 21.8 Å². The number of rotatable bonds is 13. The van der Waals surface area contributed by atoms with Gasteiger partial charge in [0.25, 0.3) is 0 Å². The number of ether oxygens (including phenoxy) is 1. The maximum absolute atomic E-state index is 14.1. The molecular formula is C31H36F3N3O5S. The van der Waals surface area contributed by atoms with Crippen LogP contribution in [0.25, 0.3) is 0 Å². The van der Waals surface area contributed by atoms with Crippen LogP contribution in [0.5, 0.6) is 5.75 Å². The predicted molar refractivity (Wildman–Crippen MR) is 159 cm³/mol. The van der Waals surface area contributed by atoms with Crippen molar-refractivity contribution in [3.8, 4) is 5.75 Å². The van der Waals surface area contributed by atoms with Gasteiger partial charge < -0.3 is 15.0 Å². The fourth-order valence-corrected chi connectivity index (χ4v) is 5.26.